The molecule has 0 aromatic heterocycles. The first-order valence-electron chi connectivity index (χ1n) is 21.8. The summed E-state index contributed by atoms with van der Waals surface area (Å²) in [7, 11) is 1.38. The molecule has 0 aliphatic rings. The number of likely N-dealkylation sites (N-methyl/N-ethyl adjacent to an activating group) is 1. The molecule has 3 atom stereocenters. The molecule has 0 aromatic carbocycles. The maximum absolute atomic E-state index is 12.7. The lowest BCUT2D eigenvalue weighted by molar-refractivity contribution is -0.870. The number of quaternary nitrogens is 1. The van der Waals surface area contributed by atoms with Crippen LogP contribution in [-0.4, -0.2) is 86.1 Å². The quantitative estimate of drug-likeness (QED) is 0.0156. The van der Waals surface area contributed by atoms with Crippen molar-refractivity contribution < 1.29 is 47.2 Å². The van der Waals surface area contributed by atoms with E-state index in [4.69, 9.17) is 18.5 Å². The zero-order chi connectivity index (χ0) is 42.3. The van der Waals surface area contributed by atoms with Gasteiger partial charge >= 0.3 is 19.8 Å². The van der Waals surface area contributed by atoms with Crippen molar-refractivity contribution in [1.29, 1.82) is 0 Å². The molecule has 57 heavy (non-hydrogen) atoms. The molecule has 0 bridgehead atoms. The van der Waals surface area contributed by atoms with Crippen molar-refractivity contribution in [3.8, 4) is 0 Å². The number of aliphatic hydroxyl groups excluding tert-OH is 1. The molecule has 0 radical (unpaired) electrons. The van der Waals surface area contributed by atoms with E-state index in [-0.39, 0.29) is 26.1 Å². The monoisotopic (exact) mass is 823 g/mol. The standard InChI is InChI=1S/C46H80NO9P/c1-6-8-10-12-14-15-16-17-18-19-20-21-22-23-25-29-33-37-45(49)53-41-44(42-55-57(51,52)54-40-39-47(3,4)5)56-46(50)38-34-30-26-28-32-36-43(48)35-31-27-24-13-11-9-7-2/h9,11,17-18,20-21,23-25,27,31,35,43-44,48H,6-8,10,12-16,19,22,26,28-30,32-34,36-42H2,1-5H3/p+1/b11-9+,18-17-,21-20-,25-23-,27-24+,35-31+/t43?,44-/m1/s1. The second-order valence-electron chi connectivity index (χ2n) is 15.5. The van der Waals surface area contributed by atoms with Gasteiger partial charge in [-0.2, -0.15) is 0 Å². The van der Waals surface area contributed by atoms with E-state index < -0.39 is 38.6 Å². The van der Waals surface area contributed by atoms with Gasteiger partial charge in [-0.05, 0) is 64.2 Å². The van der Waals surface area contributed by atoms with Crippen molar-refractivity contribution in [1.82, 2.24) is 0 Å². The summed E-state index contributed by atoms with van der Waals surface area (Å²) in [4.78, 5) is 35.3. The third kappa shape index (κ3) is 41.4. The summed E-state index contributed by atoms with van der Waals surface area (Å²) >= 11 is 0. The largest absolute Gasteiger partial charge is 0.472 e. The number of ether oxygens (including phenoxy) is 2. The molecule has 0 saturated heterocycles. The number of nitrogens with zero attached hydrogens (tertiary/aromatic N) is 1. The molecule has 0 rings (SSSR count). The molecule has 0 saturated carbocycles. The van der Waals surface area contributed by atoms with Gasteiger partial charge in [-0.25, -0.2) is 4.57 Å². The molecule has 0 amide bonds. The lowest BCUT2D eigenvalue weighted by atomic mass is 10.1. The highest BCUT2D eigenvalue weighted by Gasteiger charge is 2.27. The van der Waals surface area contributed by atoms with Gasteiger partial charge in [-0.1, -0.05) is 145 Å². The van der Waals surface area contributed by atoms with E-state index in [2.05, 4.69) is 68.5 Å². The van der Waals surface area contributed by atoms with Crippen LogP contribution in [0.25, 0.3) is 0 Å². The lowest BCUT2D eigenvalue weighted by Crippen LogP contribution is -2.37. The van der Waals surface area contributed by atoms with E-state index in [1.165, 1.54) is 38.5 Å². The molecule has 2 N–H and O–H groups in total. The number of aliphatic hydroxyl groups is 1. The van der Waals surface area contributed by atoms with E-state index in [1.54, 1.807) is 6.08 Å². The van der Waals surface area contributed by atoms with Crippen molar-refractivity contribution in [3.63, 3.8) is 0 Å². The van der Waals surface area contributed by atoms with Crippen molar-refractivity contribution in [2.75, 3.05) is 47.5 Å². The first-order chi connectivity index (χ1) is 27.4. The van der Waals surface area contributed by atoms with Crippen LogP contribution >= 0.6 is 7.82 Å². The number of carbonyl (C=O) groups excluding carboxylic acids is 2. The number of hydrogen-bond acceptors (Lipinski definition) is 8. The van der Waals surface area contributed by atoms with Crippen LogP contribution in [0.5, 0.6) is 0 Å². The molecule has 2 unspecified atom stereocenters. The maximum Gasteiger partial charge on any atom is 0.472 e. The second-order valence-corrected chi connectivity index (χ2v) is 17.0. The Bertz CT molecular complexity index is 1220. The number of allylic oxidation sites excluding steroid dienone is 11. The van der Waals surface area contributed by atoms with Crippen LogP contribution in [0, 0.1) is 0 Å². The van der Waals surface area contributed by atoms with Crippen molar-refractivity contribution in [2.24, 2.45) is 0 Å². The van der Waals surface area contributed by atoms with Gasteiger partial charge in [0.05, 0.1) is 33.9 Å². The summed E-state index contributed by atoms with van der Waals surface area (Å²) in [5.74, 6) is -0.944. The van der Waals surface area contributed by atoms with Crippen molar-refractivity contribution in [2.45, 2.75) is 161 Å². The zero-order valence-corrected chi connectivity index (χ0v) is 37.3. The number of phosphoric ester groups is 1. The minimum absolute atomic E-state index is 0.00234. The Labute approximate surface area is 347 Å². The molecule has 10 nitrogen and oxygen atoms in total. The predicted octanol–water partition coefficient (Wildman–Crippen LogP) is 11.2. The fraction of sp³-hybridized carbons (Fsp3) is 0.696. The van der Waals surface area contributed by atoms with Gasteiger partial charge < -0.3 is 24.0 Å². The SMILES string of the molecule is CC/C=C/C/C=C/C=C/C(O)CCCCCCCC(=O)O[C@H](COC(=O)CCC/C=C\C/C=C\C/C=C\CCCCCCCC)COP(=O)(O)OCC[N+](C)(C)C. The maximum atomic E-state index is 12.7. The van der Waals surface area contributed by atoms with Crippen molar-refractivity contribution >= 4 is 19.8 Å². The van der Waals surface area contributed by atoms with Crippen LogP contribution in [0.15, 0.2) is 72.9 Å². The van der Waals surface area contributed by atoms with Crippen LogP contribution < -0.4 is 0 Å². The van der Waals surface area contributed by atoms with Crippen LogP contribution in [0.1, 0.15) is 149 Å². The fourth-order valence-electron chi connectivity index (χ4n) is 5.39. The Morgan fingerprint density at radius 3 is 1.91 bits per heavy atom. The summed E-state index contributed by atoms with van der Waals surface area (Å²) in [5.41, 5.74) is 0. The molecular formula is C46H81NO9P+. The second kappa shape index (κ2) is 37.7. The lowest BCUT2D eigenvalue weighted by Gasteiger charge is -2.24. The summed E-state index contributed by atoms with van der Waals surface area (Å²) in [6, 6.07) is 0. The average Bonchev–Trinajstić information content (AvgIpc) is 3.15. The summed E-state index contributed by atoms with van der Waals surface area (Å²) in [6.45, 7) is 4.09. The van der Waals surface area contributed by atoms with Gasteiger partial charge in [-0.3, -0.25) is 18.6 Å². The smallest absolute Gasteiger partial charge is 0.462 e. The number of carbonyl (C=O) groups is 2. The number of phosphoric acid groups is 1. The average molecular weight is 823 g/mol. The summed E-state index contributed by atoms with van der Waals surface area (Å²) in [6.07, 6.45) is 42.7. The molecule has 11 heteroatoms. The van der Waals surface area contributed by atoms with Crippen molar-refractivity contribution in [3.05, 3.63) is 72.9 Å². The molecule has 0 aliphatic carbocycles. The first kappa shape index (κ1) is 54.4. The number of esters is 2. The van der Waals surface area contributed by atoms with Gasteiger partial charge in [0, 0.05) is 12.8 Å². The Morgan fingerprint density at radius 1 is 0.649 bits per heavy atom. The minimum atomic E-state index is -4.41. The van der Waals surface area contributed by atoms with Crippen LogP contribution in [0.4, 0.5) is 0 Å². The summed E-state index contributed by atoms with van der Waals surface area (Å²) in [5, 5.41) is 10.2. The normalized spacial score (nSPS) is 14.9. The molecule has 0 aliphatic heterocycles. The summed E-state index contributed by atoms with van der Waals surface area (Å²) < 4.78 is 34.1. The predicted molar refractivity (Wildman–Crippen MR) is 235 cm³/mol. The molecule has 0 heterocycles. The van der Waals surface area contributed by atoms with E-state index in [1.807, 2.05) is 33.3 Å². The van der Waals surface area contributed by atoms with Crippen LogP contribution in [0.3, 0.4) is 0 Å². The Morgan fingerprint density at radius 2 is 1.23 bits per heavy atom. The number of unbranched alkanes of at least 4 members (excludes halogenated alkanes) is 11. The van der Waals surface area contributed by atoms with Gasteiger partial charge in [0.15, 0.2) is 6.10 Å². The van der Waals surface area contributed by atoms with Crippen LogP contribution in [0.2, 0.25) is 0 Å². The Hall–Kier alpha value is -2.59. The zero-order valence-electron chi connectivity index (χ0n) is 36.4. The Balaban J connectivity index is 4.55. The van der Waals surface area contributed by atoms with E-state index >= 15 is 0 Å². The van der Waals surface area contributed by atoms with Gasteiger partial charge in [-0.15, -0.1) is 0 Å². The topological polar surface area (TPSA) is 129 Å². The van der Waals surface area contributed by atoms with E-state index in [9.17, 15) is 24.2 Å². The van der Waals surface area contributed by atoms with Gasteiger partial charge in [0.1, 0.15) is 19.8 Å². The van der Waals surface area contributed by atoms with Crippen LogP contribution in [-0.2, 0) is 32.7 Å². The third-order valence-electron chi connectivity index (χ3n) is 8.82. The first-order valence-corrected chi connectivity index (χ1v) is 23.3. The number of hydrogen-bond donors (Lipinski definition) is 2. The third-order valence-corrected chi connectivity index (χ3v) is 9.81. The highest BCUT2D eigenvalue weighted by Crippen LogP contribution is 2.43. The van der Waals surface area contributed by atoms with Gasteiger partial charge in [0.2, 0.25) is 0 Å². The van der Waals surface area contributed by atoms with E-state index in [0.29, 0.717) is 30.3 Å². The highest BCUT2D eigenvalue weighted by atomic mass is 31.2. The fourth-order valence-corrected chi connectivity index (χ4v) is 6.13. The molecule has 0 fully saturated rings. The molecule has 0 spiro atoms. The molecular weight excluding hydrogens is 741 g/mol. The Kier molecular flexibility index (Phi) is 36.0. The minimum Gasteiger partial charge on any atom is -0.462 e. The molecule has 0 aromatic rings. The number of rotatable bonds is 38. The molecule has 328 valence electrons. The van der Waals surface area contributed by atoms with Gasteiger partial charge in [0.25, 0.3) is 0 Å². The van der Waals surface area contributed by atoms with E-state index in [0.717, 1.165) is 64.2 Å². The highest BCUT2D eigenvalue weighted by molar-refractivity contribution is 7.47.